The van der Waals surface area contributed by atoms with Crippen LogP contribution in [0, 0.1) is 11.8 Å². The lowest BCUT2D eigenvalue weighted by atomic mass is 9.87. The van der Waals surface area contributed by atoms with Crippen molar-refractivity contribution in [3.8, 4) is 0 Å². The average molecular weight is 476 g/mol. The Kier molecular flexibility index (Phi) is 5.72. The molecular formula is C26H25N2O5P. The second kappa shape index (κ2) is 8.58. The van der Waals surface area contributed by atoms with Crippen LogP contribution in [0.4, 0.5) is 5.69 Å². The lowest BCUT2D eigenvalue weighted by Crippen LogP contribution is -2.40. The fraction of sp³-hybridized carbons (Fsp3) is 0.269. The van der Waals surface area contributed by atoms with E-state index in [1.54, 1.807) is 44.2 Å². The summed E-state index contributed by atoms with van der Waals surface area (Å²) in [6, 6.07) is 22.0. The molecule has 0 aromatic heterocycles. The topological polar surface area (TPSA) is 85.3 Å². The van der Waals surface area contributed by atoms with Crippen molar-refractivity contribution in [2.45, 2.75) is 19.1 Å². The summed E-state index contributed by atoms with van der Waals surface area (Å²) in [6.07, 6.45) is 1.45. The van der Waals surface area contributed by atoms with E-state index in [0.717, 1.165) is 10.8 Å². The van der Waals surface area contributed by atoms with Crippen molar-refractivity contribution in [2.75, 3.05) is 18.1 Å². The number of imide groups is 1. The third kappa shape index (κ3) is 3.12. The maximum Gasteiger partial charge on any atom is 0.363 e. The van der Waals surface area contributed by atoms with E-state index in [-0.39, 0.29) is 13.2 Å². The van der Waals surface area contributed by atoms with Crippen LogP contribution in [0.1, 0.15) is 19.4 Å². The highest BCUT2D eigenvalue weighted by Crippen LogP contribution is 2.72. The van der Waals surface area contributed by atoms with Gasteiger partial charge >= 0.3 is 7.60 Å². The summed E-state index contributed by atoms with van der Waals surface area (Å²) in [5, 5.41) is 0.0403. The molecular weight excluding hydrogens is 451 g/mol. The van der Waals surface area contributed by atoms with Gasteiger partial charge in [0.15, 0.2) is 5.28 Å². The first-order valence-electron chi connectivity index (χ1n) is 11.3. The van der Waals surface area contributed by atoms with Crippen LogP contribution in [0.25, 0.3) is 10.8 Å². The van der Waals surface area contributed by atoms with Crippen molar-refractivity contribution < 1.29 is 23.2 Å². The van der Waals surface area contributed by atoms with E-state index in [1.807, 2.05) is 42.5 Å². The molecule has 3 atom stereocenters. The van der Waals surface area contributed by atoms with Gasteiger partial charge in [-0.3, -0.25) is 19.1 Å². The Balaban J connectivity index is 1.71. The van der Waals surface area contributed by atoms with Crippen LogP contribution < -0.4 is 4.90 Å². The van der Waals surface area contributed by atoms with E-state index in [4.69, 9.17) is 9.05 Å². The molecule has 1 saturated heterocycles. The fourth-order valence-electron chi connectivity index (χ4n) is 5.09. The number of amides is 2. The lowest BCUT2D eigenvalue weighted by Gasteiger charge is -2.37. The molecule has 2 heterocycles. The van der Waals surface area contributed by atoms with Gasteiger partial charge in [-0.1, -0.05) is 66.7 Å². The van der Waals surface area contributed by atoms with Gasteiger partial charge in [0.05, 0.1) is 30.7 Å². The molecule has 3 unspecified atom stereocenters. The summed E-state index contributed by atoms with van der Waals surface area (Å²) in [5.74, 6) is -2.79. The number of aliphatic imine (C=N–C) groups is 1. The first-order chi connectivity index (χ1) is 16.5. The van der Waals surface area contributed by atoms with Gasteiger partial charge in [0.25, 0.3) is 0 Å². The number of carbonyl (C=O) groups is 2. The average Bonchev–Trinajstić information content (AvgIpc) is 3.37. The summed E-state index contributed by atoms with van der Waals surface area (Å²) < 4.78 is 25.9. The van der Waals surface area contributed by atoms with E-state index < -0.39 is 36.5 Å². The zero-order chi connectivity index (χ0) is 23.9. The van der Waals surface area contributed by atoms with Crippen molar-refractivity contribution in [3.63, 3.8) is 0 Å². The summed E-state index contributed by atoms with van der Waals surface area (Å²) in [5.41, 5.74) is 1.02. The molecule has 0 radical (unpaired) electrons. The smallest absolute Gasteiger partial charge is 0.307 e. The molecule has 3 aromatic carbocycles. The molecule has 174 valence electrons. The molecule has 5 rings (SSSR count). The summed E-state index contributed by atoms with van der Waals surface area (Å²) >= 11 is 0. The van der Waals surface area contributed by atoms with E-state index in [1.165, 1.54) is 11.1 Å². The van der Waals surface area contributed by atoms with Crippen LogP contribution in [0.5, 0.6) is 0 Å². The standard InChI is InChI=1S/C26H25N2O5P/c1-3-32-34(31,33-4-2)26(19-13-6-5-7-14-19)23-21(17-27-26)24(29)28(25(23)30)22-16-10-12-18-11-8-9-15-20(18)22/h5-17,21,23H,3-4H2,1-2H3. The van der Waals surface area contributed by atoms with Gasteiger partial charge < -0.3 is 9.05 Å². The second-order valence-corrected chi connectivity index (χ2v) is 10.4. The van der Waals surface area contributed by atoms with E-state index in [9.17, 15) is 14.2 Å². The molecule has 0 saturated carbocycles. The lowest BCUT2D eigenvalue weighted by molar-refractivity contribution is -0.123. The zero-order valence-corrected chi connectivity index (χ0v) is 19.9. The highest BCUT2D eigenvalue weighted by Gasteiger charge is 2.69. The SMILES string of the molecule is CCOP(=O)(OCC)C1(c2ccccc2)N=CC2C(=O)N(c3cccc4ccccc34)C(=O)C21. The predicted molar refractivity (Wildman–Crippen MR) is 131 cm³/mol. The summed E-state index contributed by atoms with van der Waals surface area (Å²) in [7, 11) is -4.02. The van der Waals surface area contributed by atoms with E-state index >= 15 is 0 Å². The molecule has 34 heavy (non-hydrogen) atoms. The number of hydrogen-bond acceptors (Lipinski definition) is 6. The molecule has 0 spiro atoms. The van der Waals surface area contributed by atoms with Gasteiger partial charge in [-0.25, -0.2) is 4.90 Å². The van der Waals surface area contributed by atoms with Crippen molar-refractivity contribution in [3.05, 3.63) is 78.4 Å². The Bertz CT molecular complexity index is 1330. The number of benzene rings is 3. The molecule has 2 aliphatic rings. The largest absolute Gasteiger partial charge is 0.363 e. The molecule has 7 nitrogen and oxygen atoms in total. The number of hydrogen-bond donors (Lipinski definition) is 0. The molecule has 2 amide bonds. The highest BCUT2D eigenvalue weighted by molar-refractivity contribution is 7.55. The predicted octanol–water partition coefficient (Wildman–Crippen LogP) is 5.15. The normalized spacial score (nSPS) is 24.2. The van der Waals surface area contributed by atoms with Gasteiger partial charge in [-0.15, -0.1) is 0 Å². The van der Waals surface area contributed by atoms with Crippen molar-refractivity contribution in [1.82, 2.24) is 0 Å². The Morgan fingerprint density at radius 3 is 2.24 bits per heavy atom. The van der Waals surface area contributed by atoms with Gasteiger partial charge in [0, 0.05) is 11.6 Å². The third-order valence-corrected chi connectivity index (χ3v) is 9.12. The van der Waals surface area contributed by atoms with Crippen LogP contribution in [-0.2, 0) is 28.5 Å². The van der Waals surface area contributed by atoms with E-state index in [0.29, 0.717) is 11.3 Å². The van der Waals surface area contributed by atoms with Crippen LogP contribution in [0.2, 0.25) is 0 Å². The number of rotatable bonds is 7. The Morgan fingerprint density at radius 2 is 1.53 bits per heavy atom. The second-order valence-electron chi connectivity index (χ2n) is 8.22. The summed E-state index contributed by atoms with van der Waals surface area (Å²) in [4.78, 5) is 33.6. The number of fused-ring (bicyclic) bond motifs is 2. The van der Waals surface area contributed by atoms with Gasteiger partial charge in [0.2, 0.25) is 11.8 Å². The van der Waals surface area contributed by atoms with Crippen LogP contribution in [-0.4, -0.2) is 31.2 Å². The Labute approximate surface area is 197 Å². The maximum absolute atomic E-state index is 14.3. The van der Waals surface area contributed by atoms with Crippen LogP contribution in [0.3, 0.4) is 0 Å². The zero-order valence-electron chi connectivity index (χ0n) is 19.0. The van der Waals surface area contributed by atoms with Crippen molar-refractivity contribution >= 4 is 42.1 Å². The molecule has 1 fully saturated rings. The van der Waals surface area contributed by atoms with Crippen molar-refractivity contribution in [2.24, 2.45) is 16.8 Å². The molecule has 2 aliphatic heterocycles. The number of carbonyl (C=O) groups excluding carboxylic acids is 2. The molecule has 8 heteroatoms. The first kappa shape index (κ1) is 22.7. The van der Waals surface area contributed by atoms with Gasteiger partial charge in [-0.05, 0) is 30.9 Å². The minimum absolute atomic E-state index is 0.105. The third-order valence-electron chi connectivity index (χ3n) is 6.44. The minimum atomic E-state index is -4.02. The number of nitrogens with zero attached hydrogens (tertiary/aromatic N) is 2. The molecule has 0 N–H and O–H groups in total. The Morgan fingerprint density at radius 1 is 0.882 bits per heavy atom. The monoisotopic (exact) mass is 476 g/mol. The molecule has 3 aromatic rings. The van der Waals surface area contributed by atoms with Gasteiger partial charge in [-0.2, -0.15) is 0 Å². The first-order valence-corrected chi connectivity index (χ1v) is 12.9. The maximum atomic E-state index is 14.3. The number of anilines is 1. The van der Waals surface area contributed by atoms with Crippen LogP contribution >= 0.6 is 7.60 Å². The minimum Gasteiger partial charge on any atom is -0.307 e. The quantitative estimate of drug-likeness (QED) is 0.348. The summed E-state index contributed by atoms with van der Waals surface area (Å²) in [6.45, 7) is 3.64. The molecule has 0 aliphatic carbocycles. The van der Waals surface area contributed by atoms with E-state index in [2.05, 4.69) is 4.99 Å². The van der Waals surface area contributed by atoms with Crippen molar-refractivity contribution in [1.29, 1.82) is 0 Å². The fourth-order valence-corrected chi connectivity index (χ4v) is 7.52. The molecule has 0 bridgehead atoms. The van der Waals surface area contributed by atoms with Crippen LogP contribution in [0.15, 0.2) is 77.8 Å². The highest BCUT2D eigenvalue weighted by atomic mass is 31.2. The Hall–Kier alpha value is -3.12. The van der Waals surface area contributed by atoms with Gasteiger partial charge in [0.1, 0.15) is 0 Å².